The van der Waals surface area contributed by atoms with Crippen LogP contribution in [0.1, 0.15) is 48.3 Å². The van der Waals surface area contributed by atoms with Crippen LogP contribution in [-0.4, -0.2) is 44.4 Å². The molecule has 4 rings (SSSR count). The third-order valence-electron chi connectivity index (χ3n) is 6.16. The van der Waals surface area contributed by atoms with Crippen LogP contribution < -0.4 is 24.4 Å². The number of fused-ring (bicyclic) bond motifs is 1. The Hall–Kier alpha value is -4.18. The van der Waals surface area contributed by atoms with Gasteiger partial charge in [-0.3, -0.25) is 9.36 Å². The van der Waals surface area contributed by atoms with Gasteiger partial charge in [-0.15, -0.1) is 0 Å². The quantitative estimate of drug-likeness (QED) is 0.397. The van der Waals surface area contributed by atoms with Crippen LogP contribution in [0.2, 0.25) is 0 Å². The molecule has 1 aliphatic rings. The Bertz CT molecular complexity index is 1610. The highest BCUT2D eigenvalue weighted by atomic mass is 32.1. The second kappa shape index (κ2) is 11.7. The highest BCUT2D eigenvalue weighted by Crippen LogP contribution is 2.32. The number of hydrogen-bond donors (Lipinski definition) is 0. The Balaban J connectivity index is 1.92. The summed E-state index contributed by atoms with van der Waals surface area (Å²) in [5.74, 6) is 0.131. The van der Waals surface area contributed by atoms with Gasteiger partial charge in [-0.25, -0.2) is 14.6 Å². The van der Waals surface area contributed by atoms with Crippen molar-refractivity contribution < 1.29 is 28.5 Å². The number of rotatable bonds is 8. The summed E-state index contributed by atoms with van der Waals surface area (Å²) in [5.41, 5.74) is 2.03. The molecular weight excluding hydrogens is 520 g/mol. The van der Waals surface area contributed by atoms with Gasteiger partial charge in [0.15, 0.2) is 16.3 Å². The summed E-state index contributed by atoms with van der Waals surface area (Å²) < 4.78 is 23.2. The molecule has 0 radical (unpaired) electrons. The topological polar surface area (TPSA) is 105 Å². The first-order valence-corrected chi connectivity index (χ1v) is 13.1. The van der Waals surface area contributed by atoms with E-state index in [-0.39, 0.29) is 23.7 Å². The number of allylic oxidation sites excluding steroid dienone is 1. The molecule has 10 heteroatoms. The fourth-order valence-corrected chi connectivity index (χ4v) is 5.34. The van der Waals surface area contributed by atoms with Crippen molar-refractivity contribution in [2.75, 3.05) is 27.9 Å². The van der Waals surface area contributed by atoms with Gasteiger partial charge in [0.05, 0.1) is 55.3 Å². The highest BCUT2D eigenvalue weighted by Gasteiger charge is 2.33. The van der Waals surface area contributed by atoms with E-state index in [1.807, 2.05) is 26.0 Å². The van der Waals surface area contributed by atoms with Crippen molar-refractivity contribution in [1.29, 1.82) is 0 Å². The number of ether oxygens (including phenoxy) is 4. The molecule has 0 bridgehead atoms. The van der Waals surface area contributed by atoms with Crippen LogP contribution in [0.25, 0.3) is 6.08 Å². The molecule has 0 aliphatic carbocycles. The van der Waals surface area contributed by atoms with Crippen LogP contribution in [0.4, 0.5) is 0 Å². The number of carbonyl (C=O) groups is 2. The van der Waals surface area contributed by atoms with E-state index in [1.54, 1.807) is 50.4 Å². The molecule has 0 N–H and O–H groups in total. The molecule has 1 atom stereocenters. The smallest absolute Gasteiger partial charge is 0.338 e. The largest absolute Gasteiger partial charge is 0.493 e. The van der Waals surface area contributed by atoms with Crippen molar-refractivity contribution in [3.8, 4) is 11.5 Å². The first-order chi connectivity index (χ1) is 18.7. The molecule has 0 spiro atoms. The monoisotopic (exact) mass is 550 g/mol. The zero-order valence-corrected chi connectivity index (χ0v) is 23.5. The van der Waals surface area contributed by atoms with Crippen LogP contribution in [-0.2, 0) is 14.3 Å². The maximum Gasteiger partial charge on any atom is 0.338 e. The third kappa shape index (κ3) is 5.51. The molecule has 1 unspecified atom stereocenters. The predicted molar refractivity (Wildman–Crippen MR) is 147 cm³/mol. The summed E-state index contributed by atoms with van der Waals surface area (Å²) in [6.07, 6.45) is 1.72. The summed E-state index contributed by atoms with van der Waals surface area (Å²) in [6, 6.07) is 11.2. The molecule has 9 nitrogen and oxygen atoms in total. The minimum Gasteiger partial charge on any atom is -0.493 e. The summed E-state index contributed by atoms with van der Waals surface area (Å²) in [4.78, 5) is 44.3. The van der Waals surface area contributed by atoms with E-state index in [4.69, 9.17) is 18.9 Å². The number of hydrogen-bond acceptors (Lipinski definition) is 9. The van der Waals surface area contributed by atoms with E-state index in [0.717, 1.165) is 0 Å². The molecule has 0 fully saturated rings. The zero-order chi connectivity index (χ0) is 28.3. The average Bonchev–Trinajstić information content (AvgIpc) is 3.24. The number of esters is 2. The number of aromatic nitrogens is 1. The molecule has 2 heterocycles. The van der Waals surface area contributed by atoms with E-state index in [2.05, 4.69) is 4.99 Å². The molecule has 0 saturated carbocycles. The Labute approximate surface area is 229 Å². The van der Waals surface area contributed by atoms with Crippen LogP contribution in [0.5, 0.6) is 11.5 Å². The molecule has 1 aromatic heterocycles. The lowest BCUT2D eigenvalue weighted by atomic mass is 9.95. The van der Waals surface area contributed by atoms with Gasteiger partial charge in [0.1, 0.15) is 0 Å². The second-order valence-corrected chi connectivity index (χ2v) is 10.3. The van der Waals surface area contributed by atoms with Gasteiger partial charge in [-0.05, 0) is 42.7 Å². The van der Waals surface area contributed by atoms with Crippen LogP contribution in [0, 0.1) is 5.92 Å². The van der Waals surface area contributed by atoms with Crippen LogP contribution in [0.15, 0.2) is 63.5 Å². The molecule has 0 amide bonds. The molecule has 0 saturated heterocycles. The standard InChI is InChI=1S/C29H30N2O7S/c1-16(2)15-38-28(34)23-17(3)30-29-31(24(23)18-10-12-19(13-11-18)27(33)37-6)26(32)22(39-29)14-20-8-7-9-21(35-4)25(20)36-5/h7-14,16,24H,15H2,1-6H3. The SMILES string of the molecule is COC(=O)c1ccc(C2C(C(=O)OCC(C)C)=C(C)N=c3sc(=Cc4cccc(OC)c4OC)c(=O)n32)cc1. The number of para-hydroxylation sites is 1. The molecule has 204 valence electrons. The fourth-order valence-electron chi connectivity index (χ4n) is 4.30. The lowest BCUT2D eigenvalue weighted by Crippen LogP contribution is -2.40. The molecule has 2 aromatic carbocycles. The lowest BCUT2D eigenvalue weighted by molar-refractivity contribution is -0.140. The van der Waals surface area contributed by atoms with Gasteiger partial charge in [0.25, 0.3) is 5.56 Å². The molecular formula is C29H30N2O7S. The van der Waals surface area contributed by atoms with Gasteiger partial charge >= 0.3 is 11.9 Å². The minimum atomic E-state index is -0.804. The van der Waals surface area contributed by atoms with Gasteiger partial charge < -0.3 is 18.9 Å². The third-order valence-corrected chi connectivity index (χ3v) is 7.14. The van der Waals surface area contributed by atoms with E-state index in [9.17, 15) is 14.4 Å². The van der Waals surface area contributed by atoms with Gasteiger partial charge in [-0.1, -0.05) is 49.4 Å². The van der Waals surface area contributed by atoms with E-state index >= 15 is 0 Å². The van der Waals surface area contributed by atoms with Crippen molar-refractivity contribution in [2.45, 2.75) is 26.8 Å². The van der Waals surface area contributed by atoms with E-state index in [0.29, 0.717) is 43.2 Å². The van der Waals surface area contributed by atoms with Crippen molar-refractivity contribution >= 4 is 29.4 Å². The molecule has 1 aliphatic heterocycles. The van der Waals surface area contributed by atoms with E-state index < -0.39 is 18.0 Å². The first kappa shape index (κ1) is 27.8. The number of thiazole rings is 1. The molecule has 39 heavy (non-hydrogen) atoms. The zero-order valence-electron chi connectivity index (χ0n) is 22.6. The summed E-state index contributed by atoms with van der Waals surface area (Å²) in [5, 5.41) is 0. The van der Waals surface area contributed by atoms with Crippen molar-refractivity contribution in [3.63, 3.8) is 0 Å². The number of carbonyl (C=O) groups excluding carboxylic acids is 2. The second-order valence-electron chi connectivity index (χ2n) is 9.27. The Kier molecular flexibility index (Phi) is 8.35. The van der Waals surface area contributed by atoms with Crippen molar-refractivity contribution in [3.05, 3.63) is 90.1 Å². The maximum absolute atomic E-state index is 13.9. The van der Waals surface area contributed by atoms with Gasteiger partial charge in [0.2, 0.25) is 0 Å². The van der Waals surface area contributed by atoms with Gasteiger partial charge in [0, 0.05) is 5.56 Å². The summed E-state index contributed by atoms with van der Waals surface area (Å²) in [6.45, 7) is 5.84. The number of nitrogens with zero attached hydrogens (tertiary/aromatic N) is 2. The normalized spacial score (nSPS) is 15.1. The van der Waals surface area contributed by atoms with Crippen molar-refractivity contribution in [2.24, 2.45) is 10.9 Å². The summed E-state index contributed by atoms with van der Waals surface area (Å²) in [7, 11) is 4.39. The number of methoxy groups -OCH3 is 3. The van der Waals surface area contributed by atoms with Gasteiger partial charge in [-0.2, -0.15) is 0 Å². The first-order valence-electron chi connectivity index (χ1n) is 12.3. The lowest BCUT2D eigenvalue weighted by Gasteiger charge is -2.25. The predicted octanol–water partition coefficient (Wildman–Crippen LogP) is 3.24. The Morgan fingerprint density at radius 1 is 1.05 bits per heavy atom. The van der Waals surface area contributed by atoms with Crippen LogP contribution in [0.3, 0.4) is 0 Å². The highest BCUT2D eigenvalue weighted by molar-refractivity contribution is 7.07. The average molecular weight is 551 g/mol. The minimum absolute atomic E-state index is 0.131. The Morgan fingerprint density at radius 3 is 2.38 bits per heavy atom. The van der Waals surface area contributed by atoms with E-state index in [1.165, 1.54) is 30.1 Å². The molecule has 3 aromatic rings. The number of benzene rings is 2. The summed E-state index contributed by atoms with van der Waals surface area (Å²) >= 11 is 1.21. The van der Waals surface area contributed by atoms with Crippen molar-refractivity contribution in [1.82, 2.24) is 4.57 Å². The Morgan fingerprint density at radius 2 is 1.77 bits per heavy atom. The fraction of sp³-hybridized carbons (Fsp3) is 0.310. The maximum atomic E-state index is 13.9. The van der Waals surface area contributed by atoms with Crippen LogP contribution >= 0.6 is 11.3 Å².